The van der Waals surface area contributed by atoms with Gasteiger partial charge in [0.25, 0.3) is 5.91 Å². The molecule has 1 N–H and O–H groups in total. The first-order valence-electron chi connectivity index (χ1n) is 7.32. The number of aryl methyl sites for hydroxylation is 1. The Balaban J connectivity index is 2.56. The average Bonchev–Trinajstić information content (AvgIpc) is 2.72. The lowest BCUT2D eigenvalue weighted by molar-refractivity contribution is -0.137. The average molecular weight is 333 g/mol. The number of Topliss-reactive ketones (excluding diaryl/α,β-unsaturated/α-hetero) is 1. The summed E-state index contributed by atoms with van der Waals surface area (Å²) < 4.78 is 0. The van der Waals surface area contributed by atoms with Crippen LogP contribution in [-0.2, 0) is 9.59 Å². The van der Waals surface area contributed by atoms with E-state index >= 15 is 0 Å². The summed E-state index contributed by atoms with van der Waals surface area (Å²) in [4.78, 5) is 38.0. The molecule has 0 fully saturated rings. The number of hydrogen-bond acceptors (Lipinski definition) is 4. The summed E-state index contributed by atoms with van der Waals surface area (Å²) in [6.07, 6.45) is -0.434. The van der Waals surface area contributed by atoms with Gasteiger partial charge in [0.05, 0.1) is 6.42 Å². The third-order valence-electron chi connectivity index (χ3n) is 3.79. The maximum absolute atomic E-state index is 13.0. The molecule has 0 aliphatic carbocycles. The molecule has 1 unspecified atom stereocenters. The smallest absolute Gasteiger partial charge is 0.308 e. The van der Waals surface area contributed by atoms with Gasteiger partial charge in [-0.3, -0.25) is 14.4 Å². The molecule has 6 heteroatoms. The van der Waals surface area contributed by atoms with Crippen LogP contribution in [-0.4, -0.2) is 45.8 Å². The molecule has 1 aromatic carbocycles. The van der Waals surface area contributed by atoms with E-state index in [9.17, 15) is 14.4 Å². The number of nitrogens with zero attached hydrogens (tertiary/aromatic N) is 1. The van der Waals surface area contributed by atoms with Gasteiger partial charge in [0, 0.05) is 23.8 Å². The third kappa shape index (κ3) is 3.32. The first-order valence-corrected chi connectivity index (χ1v) is 8.37. The summed E-state index contributed by atoms with van der Waals surface area (Å²) in [7, 11) is 1.61. The number of benzene rings is 1. The zero-order valence-electron chi connectivity index (χ0n) is 13.3. The van der Waals surface area contributed by atoms with Crippen LogP contribution in [0.2, 0.25) is 0 Å². The first kappa shape index (κ1) is 17.3. The highest BCUT2D eigenvalue weighted by Gasteiger charge is 2.41. The van der Waals surface area contributed by atoms with Crippen molar-refractivity contribution < 1.29 is 19.5 Å². The van der Waals surface area contributed by atoms with Gasteiger partial charge in [-0.1, -0.05) is 31.2 Å². The first-order chi connectivity index (χ1) is 10.9. The topological polar surface area (TPSA) is 74.7 Å². The van der Waals surface area contributed by atoms with E-state index in [0.717, 1.165) is 5.56 Å². The molecule has 1 atom stereocenters. The number of carbonyl (C=O) groups excluding carboxylic acids is 2. The molecule has 0 aromatic heterocycles. The number of carboxylic acid groups (broad SMARTS) is 1. The number of thioether (sulfide) groups is 1. The minimum absolute atomic E-state index is 0.0965. The van der Waals surface area contributed by atoms with Crippen LogP contribution in [0.5, 0.6) is 0 Å². The van der Waals surface area contributed by atoms with Gasteiger partial charge in [0.2, 0.25) is 0 Å². The Morgan fingerprint density at radius 2 is 1.96 bits per heavy atom. The molecule has 2 rings (SSSR count). The SMILES string of the molecule is CCSC1C(C(=O)c2ccccc2C)=C(CC(=O)O)C(=O)N1C. The molecular formula is C17H19NO4S. The fourth-order valence-corrected chi connectivity index (χ4v) is 3.73. The fraction of sp³-hybridized carbons (Fsp3) is 0.353. The minimum atomic E-state index is -1.11. The van der Waals surface area contributed by atoms with E-state index in [1.54, 1.807) is 19.2 Å². The zero-order chi connectivity index (χ0) is 17.1. The molecule has 0 bridgehead atoms. The van der Waals surface area contributed by atoms with Crippen LogP contribution in [0.4, 0.5) is 0 Å². The minimum Gasteiger partial charge on any atom is -0.481 e. The number of rotatable bonds is 6. The van der Waals surface area contributed by atoms with Crippen molar-refractivity contribution in [1.82, 2.24) is 4.90 Å². The van der Waals surface area contributed by atoms with Crippen LogP contribution in [0.25, 0.3) is 0 Å². The van der Waals surface area contributed by atoms with E-state index in [0.29, 0.717) is 16.9 Å². The van der Waals surface area contributed by atoms with Crippen molar-refractivity contribution in [2.24, 2.45) is 0 Å². The van der Waals surface area contributed by atoms with Crippen molar-refractivity contribution in [2.45, 2.75) is 25.6 Å². The van der Waals surface area contributed by atoms with E-state index in [1.165, 1.54) is 16.7 Å². The van der Waals surface area contributed by atoms with Gasteiger partial charge in [-0.15, -0.1) is 11.8 Å². The Labute approximate surface area is 139 Å². The number of amides is 1. The molecule has 23 heavy (non-hydrogen) atoms. The van der Waals surface area contributed by atoms with Crippen LogP contribution in [0, 0.1) is 6.92 Å². The normalized spacial score (nSPS) is 17.8. The fourth-order valence-electron chi connectivity index (χ4n) is 2.67. The van der Waals surface area contributed by atoms with Crippen LogP contribution >= 0.6 is 11.8 Å². The monoisotopic (exact) mass is 333 g/mol. The second-order valence-electron chi connectivity index (χ2n) is 5.33. The largest absolute Gasteiger partial charge is 0.481 e. The molecule has 0 radical (unpaired) electrons. The van der Waals surface area contributed by atoms with Crippen LogP contribution in [0.15, 0.2) is 35.4 Å². The van der Waals surface area contributed by atoms with Gasteiger partial charge in [-0.05, 0) is 18.2 Å². The second kappa shape index (κ2) is 7.00. The van der Waals surface area contributed by atoms with Gasteiger partial charge in [-0.2, -0.15) is 0 Å². The van der Waals surface area contributed by atoms with Crippen molar-refractivity contribution >= 4 is 29.4 Å². The molecule has 5 nitrogen and oxygen atoms in total. The molecule has 0 saturated heterocycles. The lowest BCUT2D eigenvalue weighted by Crippen LogP contribution is -2.31. The number of carbonyl (C=O) groups is 3. The van der Waals surface area contributed by atoms with Crippen molar-refractivity contribution in [2.75, 3.05) is 12.8 Å². The Morgan fingerprint density at radius 3 is 2.52 bits per heavy atom. The Hall–Kier alpha value is -2.08. The lowest BCUT2D eigenvalue weighted by Gasteiger charge is -2.21. The van der Waals surface area contributed by atoms with E-state index < -0.39 is 17.8 Å². The van der Waals surface area contributed by atoms with Crippen molar-refractivity contribution in [1.29, 1.82) is 0 Å². The molecular weight excluding hydrogens is 314 g/mol. The molecule has 0 spiro atoms. The highest BCUT2D eigenvalue weighted by molar-refractivity contribution is 8.00. The summed E-state index contributed by atoms with van der Waals surface area (Å²) in [6, 6.07) is 7.13. The number of hydrogen-bond donors (Lipinski definition) is 1. The zero-order valence-corrected chi connectivity index (χ0v) is 14.1. The van der Waals surface area contributed by atoms with E-state index in [4.69, 9.17) is 5.11 Å². The van der Waals surface area contributed by atoms with Crippen LogP contribution < -0.4 is 0 Å². The number of aliphatic carboxylic acids is 1. The van der Waals surface area contributed by atoms with Crippen molar-refractivity contribution in [3.8, 4) is 0 Å². The molecule has 1 aromatic rings. The van der Waals surface area contributed by atoms with Gasteiger partial charge < -0.3 is 10.0 Å². The number of carboxylic acids is 1. The van der Waals surface area contributed by atoms with Crippen LogP contribution in [0.1, 0.15) is 29.3 Å². The summed E-state index contributed by atoms with van der Waals surface area (Å²) >= 11 is 1.45. The Bertz CT molecular complexity index is 696. The third-order valence-corrected chi connectivity index (χ3v) is 4.99. The molecule has 1 amide bonds. The Morgan fingerprint density at radius 1 is 1.30 bits per heavy atom. The van der Waals surface area contributed by atoms with Gasteiger partial charge >= 0.3 is 5.97 Å². The molecule has 1 heterocycles. The van der Waals surface area contributed by atoms with Crippen molar-refractivity contribution in [3.63, 3.8) is 0 Å². The predicted molar refractivity (Wildman–Crippen MR) is 89.5 cm³/mol. The maximum Gasteiger partial charge on any atom is 0.308 e. The molecule has 122 valence electrons. The van der Waals surface area contributed by atoms with E-state index in [2.05, 4.69) is 0 Å². The Kier molecular flexibility index (Phi) is 5.26. The summed E-state index contributed by atoms with van der Waals surface area (Å²) in [6.45, 7) is 3.77. The van der Waals surface area contributed by atoms with E-state index in [1.807, 2.05) is 26.0 Å². The van der Waals surface area contributed by atoms with Gasteiger partial charge in [-0.25, -0.2) is 0 Å². The summed E-state index contributed by atoms with van der Waals surface area (Å²) in [5.74, 6) is -1.04. The number of ketones is 1. The van der Waals surface area contributed by atoms with E-state index in [-0.39, 0.29) is 17.3 Å². The number of likely N-dealkylation sites (N-methyl/N-ethyl adjacent to an activating group) is 1. The van der Waals surface area contributed by atoms with Gasteiger partial charge in [0.15, 0.2) is 5.78 Å². The quantitative estimate of drug-likeness (QED) is 0.810. The highest BCUT2D eigenvalue weighted by Crippen LogP contribution is 2.36. The molecule has 1 aliphatic heterocycles. The van der Waals surface area contributed by atoms with Crippen molar-refractivity contribution in [3.05, 3.63) is 46.5 Å². The second-order valence-corrected chi connectivity index (χ2v) is 6.69. The maximum atomic E-state index is 13.0. The predicted octanol–water partition coefficient (Wildman–Crippen LogP) is 2.50. The molecule has 1 aliphatic rings. The standard InChI is InChI=1S/C17H19NO4S/c1-4-23-17-14(12(9-13(19)20)16(22)18(17)3)15(21)11-8-6-5-7-10(11)2/h5-8,17H,4,9H2,1-3H3,(H,19,20). The lowest BCUT2D eigenvalue weighted by atomic mass is 9.95. The summed E-state index contributed by atoms with van der Waals surface area (Å²) in [5, 5.41) is 8.66. The van der Waals surface area contributed by atoms with Crippen LogP contribution in [0.3, 0.4) is 0 Å². The van der Waals surface area contributed by atoms with Gasteiger partial charge in [0.1, 0.15) is 5.37 Å². The molecule has 0 saturated carbocycles. The highest BCUT2D eigenvalue weighted by atomic mass is 32.2. The summed E-state index contributed by atoms with van der Waals surface area (Å²) in [5.41, 5.74) is 1.72.